The maximum Gasteiger partial charge on any atom is 0.270 e. The van der Waals surface area contributed by atoms with Gasteiger partial charge in [0.25, 0.3) is 23.2 Å². The number of aromatic nitrogens is 2. The summed E-state index contributed by atoms with van der Waals surface area (Å²) in [6, 6.07) is 17.6. The van der Waals surface area contributed by atoms with Gasteiger partial charge in [0, 0.05) is 24.3 Å². The first kappa shape index (κ1) is 31.3. The third kappa shape index (κ3) is 6.80. The van der Waals surface area contributed by atoms with Crippen LogP contribution in [-0.4, -0.2) is 44.8 Å². The molecular weight excluding hydrogens is 596 g/mol. The van der Waals surface area contributed by atoms with Crippen molar-refractivity contribution in [3.8, 4) is 11.5 Å². The van der Waals surface area contributed by atoms with E-state index in [1.807, 2.05) is 13.8 Å². The standard InChI is InChI=1S/C32H28N6O8/c1-3-13-45-29-11-9-19(37(41)42)15-21(29)31(39)35-27-17-25-26(34-24-8-6-5-7-23(24)33-25)18-28(27)36-32(40)22-16-20(38(43)44)10-12-30(22)46-14-4-2/h5-12,15-18H,3-4,13-14H2,1-2H3,(H,35,39)(H,36,40). The fourth-order valence-electron chi connectivity index (χ4n) is 4.55. The highest BCUT2D eigenvalue weighted by Gasteiger charge is 2.23. The first-order valence-electron chi connectivity index (χ1n) is 14.3. The van der Waals surface area contributed by atoms with E-state index in [1.54, 1.807) is 24.3 Å². The van der Waals surface area contributed by atoms with E-state index < -0.39 is 21.7 Å². The van der Waals surface area contributed by atoms with Crippen molar-refractivity contribution < 1.29 is 28.9 Å². The van der Waals surface area contributed by atoms with E-state index in [0.29, 0.717) is 34.9 Å². The molecule has 2 amide bonds. The molecular formula is C32H28N6O8. The van der Waals surface area contributed by atoms with Crippen molar-refractivity contribution >= 4 is 56.6 Å². The normalized spacial score (nSPS) is 10.8. The van der Waals surface area contributed by atoms with Crippen molar-refractivity contribution in [2.24, 2.45) is 0 Å². The minimum Gasteiger partial charge on any atom is -0.493 e. The van der Waals surface area contributed by atoms with Crippen molar-refractivity contribution in [1.82, 2.24) is 9.97 Å². The van der Waals surface area contributed by atoms with Crippen molar-refractivity contribution in [2.45, 2.75) is 26.7 Å². The van der Waals surface area contributed by atoms with E-state index in [2.05, 4.69) is 20.6 Å². The molecule has 14 nitrogen and oxygen atoms in total. The Morgan fingerprint density at radius 2 is 1.07 bits per heavy atom. The summed E-state index contributed by atoms with van der Waals surface area (Å²) < 4.78 is 11.4. The average molecular weight is 625 g/mol. The number of amides is 2. The van der Waals surface area contributed by atoms with Gasteiger partial charge in [-0.3, -0.25) is 29.8 Å². The second-order valence-corrected chi connectivity index (χ2v) is 10.1. The van der Waals surface area contributed by atoms with Gasteiger partial charge in [-0.25, -0.2) is 9.97 Å². The Morgan fingerprint density at radius 3 is 1.43 bits per heavy atom. The van der Waals surface area contributed by atoms with Crippen LogP contribution in [0.3, 0.4) is 0 Å². The van der Waals surface area contributed by atoms with Gasteiger partial charge in [0.05, 0.1) is 67.6 Å². The Balaban J connectivity index is 1.60. The van der Waals surface area contributed by atoms with Gasteiger partial charge in [-0.05, 0) is 49.2 Å². The third-order valence-electron chi connectivity index (χ3n) is 6.74. The van der Waals surface area contributed by atoms with Gasteiger partial charge in [-0.1, -0.05) is 26.0 Å². The molecule has 1 heterocycles. The number of rotatable bonds is 12. The fraction of sp³-hybridized carbons (Fsp3) is 0.188. The van der Waals surface area contributed by atoms with Gasteiger partial charge in [0.15, 0.2) is 0 Å². The summed E-state index contributed by atoms with van der Waals surface area (Å²) in [5.41, 5.74) is 1.30. The summed E-state index contributed by atoms with van der Waals surface area (Å²) in [6.07, 6.45) is 1.26. The summed E-state index contributed by atoms with van der Waals surface area (Å²) >= 11 is 0. The first-order valence-corrected chi connectivity index (χ1v) is 14.3. The lowest BCUT2D eigenvalue weighted by Gasteiger charge is -2.16. The van der Waals surface area contributed by atoms with Gasteiger partial charge >= 0.3 is 0 Å². The van der Waals surface area contributed by atoms with Gasteiger partial charge in [-0.15, -0.1) is 0 Å². The number of ether oxygens (including phenoxy) is 2. The molecule has 5 aromatic rings. The highest BCUT2D eigenvalue weighted by atomic mass is 16.6. The van der Waals surface area contributed by atoms with Crippen LogP contribution in [0.25, 0.3) is 22.1 Å². The minimum atomic E-state index is -0.749. The second kappa shape index (κ2) is 13.6. The molecule has 4 aromatic carbocycles. The van der Waals surface area contributed by atoms with Crippen LogP contribution in [-0.2, 0) is 0 Å². The van der Waals surface area contributed by atoms with Crippen LogP contribution in [0, 0.1) is 20.2 Å². The molecule has 0 radical (unpaired) electrons. The lowest BCUT2D eigenvalue weighted by molar-refractivity contribution is -0.385. The van der Waals surface area contributed by atoms with Crippen LogP contribution in [0.15, 0.2) is 72.8 Å². The molecule has 0 unspecified atom stereocenters. The van der Waals surface area contributed by atoms with Crippen molar-refractivity contribution in [1.29, 1.82) is 0 Å². The zero-order valence-corrected chi connectivity index (χ0v) is 24.8. The van der Waals surface area contributed by atoms with E-state index in [1.165, 1.54) is 36.4 Å². The number of non-ortho nitro benzene ring substituents is 2. The SMILES string of the molecule is CCCOc1ccc([N+](=O)[O-])cc1C(=O)Nc1cc2nc3ccccc3nc2cc1NC(=O)c1cc([N+](=O)[O-])ccc1OCCC. The van der Waals surface area contributed by atoms with Gasteiger partial charge in [0.2, 0.25) is 0 Å². The van der Waals surface area contributed by atoms with Crippen molar-refractivity contribution in [3.63, 3.8) is 0 Å². The van der Waals surface area contributed by atoms with Gasteiger partial charge in [-0.2, -0.15) is 0 Å². The number of hydrogen-bond donors (Lipinski definition) is 2. The molecule has 14 heteroatoms. The number of nitrogens with one attached hydrogen (secondary N) is 2. The predicted octanol–water partition coefficient (Wildman–Crippen LogP) is 6.68. The first-order chi connectivity index (χ1) is 22.2. The molecule has 46 heavy (non-hydrogen) atoms. The molecule has 0 aliphatic heterocycles. The molecule has 1 aromatic heterocycles. The van der Waals surface area contributed by atoms with Crippen LogP contribution >= 0.6 is 0 Å². The number of carbonyl (C=O) groups excluding carboxylic acids is 2. The minimum absolute atomic E-state index is 0.0878. The van der Waals surface area contributed by atoms with Crippen LogP contribution in [0.5, 0.6) is 11.5 Å². The topological polar surface area (TPSA) is 189 Å². The number of benzene rings is 4. The van der Waals surface area contributed by atoms with E-state index in [0.717, 1.165) is 12.1 Å². The monoisotopic (exact) mass is 624 g/mol. The summed E-state index contributed by atoms with van der Waals surface area (Å²) in [4.78, 5) is 58.3. The summed E-state index contributed by atoms with van der Waals surface area (Å²) in [5, 5.41) is 28.4. The summed E-state index contributed by atoms with van der Waals surface area (Å²) in [7, 11) is 0. The molecule has 0 aliphatic rings. The predicted molar refractivity (Wildman–Crippen MR) is 171 cm³/mol. The van der Waals surface area contributed by atoms with Crippen LogP contribution in [0.2, 0.25) is 0 Å². The van der Waals surface area contributed by atoms with Crippen LogP contribution in [0.1, 0.15) is 47.4 Å². The molecule has 0 atom stereocenters. The largest absolute Gasteiger partial charge is 0.493 e. The molecule has 0 saturated carbocycles. The van der Waals surface area contributed by atoms with Crippen LogP contribution in [0.4, 0.5) is 22.7 Å². The lowest BCUT2D eigenvalue weighted by Crippen LogP contribution is -2.19. The zero-order chi connectivity index (χ0) is 32.8. The summed E-state index contributed by atoms with van der Waals surface area (Å²) in [5.74, 6) is -1.23. The number of nitro groups is 2. The molecule has 0 bridgehead atoms. The molecule has 0 aliphatic carbocycles. The van der Waals surface area contributed by atoms with Crippen LogP contribution < -0.4 is 20.1 Å². The maximum atomic E-state index is 13.7. The Morgan fingerprint density at radius 1 is 0.652 bits per heavy atom. The maximum absolute atomic E-state index is 13.7. The highest BCUT2D eigenvalue weighted by molar-refractivity contribution is 6.13. The smallest absolute Gasteiger partial charge is 0.270 e. The molecule has 0 saturated heterocycles. The Kier molecular flexibility index (Phi) is 9.26. The average Bonchev–Trinajstić information content (AvgIpc) is 3.05. The fourth-order valence-corrected chi connectivity index (χ4v) is 4.55. The van der Waals surface area contributed by atoms with Crippen molar-refractivity contribution in [3.05, 3.63) is 104 Å². The van der Waals surface area contributed by atoms with Gasteiger partial charge in [0.1, 0.15) is 11.5 Å². The second-order valence-electron chi connectivity index (χ2n) is 10.1. The summed E-state index contributed by atoms with van der Waals surface area (Å²) in [6.45, 7) is 4.29. The van der Waals surface area contributed by atoms with E-state index in [4.69, 9.17) is 9.47 Å². The molecule has 0 fully saturated rings. The number of para-hydroxylation sites is 2. The van der Waals surface area contributed by atoms with E-state index in [9.17, 15) is 29.8 Å². The zero-order valence-electron chi connectivity index (χ0n) is 24.8. The molecule has 234 valence electrons. The third-order valence-corrected chi connectivity index (χ3v) is 6.74. The number of nitro benzene ring substituents is 2. The number of fused-ring (bicyclic) bond motifs is 2. The number of hydrogen-bond acceptors (Lipinski definition) is 10. The van der Waals surface area contributed by atoms with Gasteiger partial charge < -0.3 is 20.1 Å². The quantitative estimate of drug-likeness (QED) is 0.0860. The number of nitrogens with zero attached hydrogens (tertiary/aromatic N) is 4. The highest BCUT2D eigenvalue weighted by Crippen LogP contribution is 2.33. The molecule has 2 N–H and O–H groups in total. The molecule has 5 rings (SSSR count). The Bertz CT molecular complexity index is 1860. The van der Waals surface area contributed by atoms with E-state index >= 15 is 0 Å². The Labute approximate surface area is 261 Å². The van der Waals surface area contributed by atoms with E-state index in [-0.39, 0.29) is 58.6 Å². The lowest BCUT2D eigenvalue weighted by atomic mass is 10.1. The Hall–Kier alpha value is -6.18. The number of anilines is 2. The molecule has 0 spiro atoms. The number of carbonyl (C=O) groups is 2. The van der Waals surface area contributed by atoms with Crippen molar-refractivity contribution in [2.75, 3.05) is 23.8 Å².